The second kappa shape index (κ2) is 14.7. The Balaban J connectivity index is 1.45. The summed E-state index contributed by atoms with van der Waals surface area (Å²) in [6.45, 7) is 25.3. The number of hydrogen-bond donors (Lipinski definition) is 1. The Labute approximate surface area is 323 Å². The fourth-order valence-corrected chi connectivity index (χ4v) is 9.00. The van der Waals surface area contributed by atoms with Gasteiger partial charge in [0.15, 0.2) is 12.3 Å². The maximum absolute atomic E-state index is 12.8. The molecule has 6 rings (SSSR count). The molecule has 292 valence electrons. The second-order valence-corrected chi connectivity index (χ2v) is 18.7. The van der Waals surface area contributed by atoms with E-state index in [0.29, 0.717) is 26.2 Å². The minimum atomic E-state index is -4.35. The standard InChI is InChI=1S/C44H59N3O6S/c1-11-42(5,6)41(48)53-22-12-19-46-36-17-13-30(4)25-34(36)43(7,8)38(46)26-31-14-15-32(40(31)45-20-23-52-24-21-45)27-39-44(9,10)35-28-33(54(49,50)51)16-18-37(35)47(39)29(2)3/h13,16-18,25-29H,11-12,14-15,19-24H2,1-10H3/p+1. The number of anilines is 1. The van der Waals surface area contributed by atoms with E-state index < -0.39 is 20.9 Å². The van der Waals surface area contributed by atoms with Gasteiger partial charge in [-0.25, -0.2) is 0 Å². The highest BCUT2D eigenvalue weighted by Gasteiger charge is 2.46. The molecule has 1 saturated heterocycles. The molecule has 10 heteroatoms. The van der Waals surface area contributed by atoms with Crippen LogP contribution in [0.2, 0.25) is 0 Å². The van der Waals surface area contributed by atoms with E-state index in [-0.39, 0.29) is 22.3 Å². The third-order valence-electron chi connectivity index (χ3n) is 12.1. The highest BCUT2D eigenvalue weighted by molar-refractivity contribution is 7.85. The molecule has 0 unspecified atom stereocenters. The Bertz CT molecular complexity index is 2060. The van der Waals surface area contributed by atoms with Crippen LogP contribution >= 0.6 is 0 Å². The van der Waals surface area contributed by atoms with Gasteiger partial charge in [-0.1, -0.05) is 32.4 Å². The van der Waals surface area contributed by atoms with Gasteiger partial charge >= 0.3 is 5.97 Å². The lowest BCUT2D eigenvalue weighted by molar-refractivity contribution is -0.438. The van der Waals surface area contributed by atoms with Gasteiger partial charge in [0.05, 0.1) is 35.5 Å². The smallest absolute Gasteiger partial charge is 0.311 e. The Morgan fingerprint density at radius 2 is 1.72 bits per heavy atom. The fraction of sp³-hybridized carbons (Fsp3) is 0.545. The van der Waals surface area contributed by atoms with Crippen molar-refractivity contribution in [3.63, 3.8) is 0 Å². The molecule has 54 heavy (non-hydrogen) atoms. The molecule has 2 aromatic carbocycles. The summed E-state index contributed by atoms with van der Waals surface area (Å²) in [4.78, 5) is 17.5. The first kappa shape index (κ1) is 39.9. The average Bonchev–Trinajstić information content (AvgIpc) is 3.68. The summed E-state index contributed by atoms with van der Waals surface area (Å²) < 4.78 is 48.4. The van der Waals surface area contributed by atoms with Crippen molar-refractivity contribution in [2.75, 3.05) is 44.4 Å². The summed E-state index contributed by atoms with van der Waals surface area (Å²) >= 11 is 0. The van der Waals surface area contributed by atoms with Crippen LogP contribution in [0.5, 0.6) is 0 Å². The first-order valence-corrected chi connectivity index (χ1v) is 21.1. The first-order chi connectivity index (χ1) is 25.3. The molecule has 0 atom stereocenters. The van der Waals surface area contributed by atoms with E-state index in [4.69, 9.17) is 9.47 Å². The van der Waals surface area contributed by atoms with Crippen molar-refractivity contribution >= 4 is 33.2 Å². The number of morpholine rings is 1. The van der Waals surface area contributed by atoms with Crippen molar-refractivity contribution in [2.45, 2.75) is 117 Å². The minimum absolute atomic E-state index is 0.0847. The number of aryl methyl sites for hydroxylation is 1. The maximum Gasteiger partial charge on any atom is 0.311 e. The zero-order valence-corrected chi connectivity index (χ0v) is 34.8. The molecule has 2 aromatic rings. The number of fused-ring (bicyclic) bond motifs is 2. The summed E-state index contributed by atoms with van der Waals surface area (Å²) in [5.74, 6) is -0.148. The highest BCUT2D eigenvalue weighted by Crippen LogP contribution is 2.51. The maximum atomic E-state index is 12.8. The Kier molecular flexibility index (Phi) is 10.9. The van der Waals surface area contributed by atoms with Crippen molar-refractivity contribution in [1.29, 1.82) is 0 Å². The second-order valence-electron chi connectivity index (χ2n) is 17.3. The highest BCUT2D eigenvalue weighted by atomic mass is 32.2. The number of rotatable bonds is 11. The van der Waals surface area contributed by atoms with E-state index in [1.807, 2.05) is 26.8 Å². The van der Waals surface area contributed by atoms with Gasteiger partial charge in [0.2, 0.25) is 5.69 Å². The van der Waals surface area contributed by atoms with Gasteiger partial charge in [-0.3, -0.25) is 9.35 Å². The molecule has 0 amide bonds. The van der Waals surface area contributed by atoms with E-state index in [9.17, 15) is 17.8 Å². The van der Waals surface area contributed by atoms with Crippen LogP contribution < -0.4 is 4.90 Å². The van der Waals surface area contributed by atoms with Gasteiger partial charge < -0.3 is 19.3 Å². The van der Waals surface area contributed by atoms with Crippen LogP contribution in [-0.2, 0) is 35.2 Å². The van der Waals surface area contributed by atoms with Crippen LogP contribution in [0.1, 0.15) is 105 Å². The van der Waals surface area contributed by atoms with Crippen LogP contribution in [-0.4, -0.2) is 79.6 Å². The van der Waals surface area contributed by atoms with Crippen LogP contribution in [0.25, 0.3) is 0 Å². The van der Waals surface area contributed by atoms with Gasteiger partial charge in [-0.05, 0) is 115 Å². The predicted molar refractivity (Wildman–Crippen MR) is 215 cm³/mol. The van der Waals surface area contributed by atoms with Gasteiger partial charge in [0.25, 0.3) is 10.1 Å². The third-order valence-corrected chi connectivity index (χ3v) is 12.9. The lowest BCUT2D eigenvalue weighted by atomic mass is 9.80. The van der Waals surface area contributed by atoms with Crippen molar-refractivity contribution in [2.24, 2.45) is 5.41 Å². The molecule has 0 saturated carbocycles. The lowest BCUT2D eigenvalue weighted by Gasteiger charge is -2.33. The van der Waals surface area contributed by atoms with Crippen LogP contribution in [0, 0.1) is 12.3 Å². The van der Waals surface area contributed by atoms with Crippen molar-refractivity contribution in [1.82, 2.24) is 4.90 Å². The van der Waals surface area contributed by atoms with E-state index in [2.05, 4.69) is 93.2 Å². The topological polar surface area (TPSA) is 99.4 Å². The average molecular weight is 759 g/mol. The lowest BCUT2D eigenvalue weighted by Crippen LogP contribution is -2.36. The molecule has 0 spiro atoms. The quantitative estimate of drug-likeness (QED) is 0.106. The number of nitrogens with zero attached hydrogens (tertiary/aromatic N) is 3. The molecule has 1 fully saturated rings. The molecule has 3 heterocycles. The molecule has 0 bridgehead atoms. The number of hydrogen-bond acceptors (Lipinski definition) is 7. The number of ether oxygens (including phenoxy) is 2. The number of esters is 1. The molecule has 0 aromatic heterocycles. The normalized spacial score (nSPS) is 21.2. The SMILES string of the molecule is CCC(C)(C)C(=O)OCCC[N+]1=C(/C=C2\CCC(/C=C3\N(C(C)C)c4ccc(S(=O)(=O)O)cc4C3(C)C)=C2N2CCOCC2)C(C)(C)c2cc(C)ccc21. The first-order valence-electron chi connectivity index (χ1n) is 19.6. The van der Waals surface area contributed by atoms with Gasteiger partial charge in [-0.2, -0.15) is 13.0 Å². The molecule has 9 nitrogen and oxygen atoms in total. The van der Waals surface area contributed by atoms with Crippen LogP contribution in [0.4, 0.5) is 11.4 Å². The van der Waals surface area contributed by atoms with E-state index in [1.165, 1.54) is 45.4 Å². The summed E-state index contributed by atoms with van der Waals surface area (Å²) in [5, 5.41) is 0. The third kappa shape index (κ3) is 7.33. The zero-order chi connectivity index (χ0) is 39.4. The summed E-state index contributed by atoms with van der Waals surface area (Å²) in [5.41, 5.74) is 10.5. The molecule has 1 N–H and O–H groups in total. The summed E-state index contributed by atoms with van der Waals surface area (Å²) in [6.07, 6.45) is 8.00. The number of carbonyl (C=O) groups excluding carboxylic acids is 1. The van der Waals surface area contributed by atoms with Crippen LogP contribution in [0.15, 0.2) is 76.0 Å². The van der Waals surface area contributed by atoms with Gasteiger partial charge in [-0.15, -0.1) is 0 Å². The number of allylic oxidation sites excluding steroid dienone is 5. The summed E-state index contributed by atoms with van der Waals surface area (Å²) in [6, 6.07) is 11.8. The molecular weight excluding hydrogens is 699 g/mol. The molecular formula is C44H60N3O6S+. The monoisotopic (exact) mass is 758 g/mol. The Morgan fingerprint density at radius 1 is 1.02 bits per heavy atom. The zero-order valence-electron chi connectivity index (χ0n) is 34.0. The Hall–Kier alpha value is -3.73. The van der Waals surface area contributed by atoms with Crippen molar-refractivity contribution in [3.05, 3.63) is 87.8 Å². The van der Waals surface area contributed by atoms with E-state index in [0.717, 1.165) is 55.8 Å². The summed E-state index contributed by atoms with van der Waals surface area (Å²) in [7, 11) is -4.35. The van der Waals surface area contributed by atoms with Crippen LogP contribution in [0.3, 0.4) is 0 Å². The fourth-order valence-electron chi connectivity index (χ4n) is 8.50. The number of carbonyl (C=O) groups is 1. The molecule has 4 aliphatic rings. The van der Waals surface area contributed by atoms with Crippen molar-refractivity contribution < 1.29 is 31.8 Å². The Morgan fingerprint density at radius 3 is 2.37 bits per heavy atom. The molecule has 1 aliphatic carbocycles. The van der Waals surface area contributed by atoms with Gasteiger partial charge in [0.1, 0.15) is 0 Å². The van der Waals surface area contributed by atoms with E-state index in [1.54, 1.807) is 6.07 Å². The number of benzene rings is 2. The largest absolute Gasteiger partial charge is 0.465 e. The molecule has 0 radical (unpaired) electrons. The van der Waals surface area contributed by atoms with Crippen molar-refractivity contribution in [3.8, 4) is 0 Å². The van der Waals surface area contributed by atoms with E-state index >= 15 is 0 Å². The minimum Gasteiger partial charge on any atom is -0.465 e. The van der Waals surface area contributed by atoms with Gasteiger partial charge in [0, 0.05) is 65.8 Å². The predicted octanol–water partition coefficient (Wildman–Crippen LogP) is 8.38. The molecule has 3 aliphatic heterocycles.